The summed E-state index contributed by atoms with van der Waals surface area (Å²) in [5.41, 5.74) is 0.549. The highest BCUT2D eigenvalue weighted by Crippen LogP contribution is 2.15. The summed E-state index contributed by atoms with van der Waals surface area (Å²) in [6.45, 7) is 1.77. The highest BCUT2D eigenvalue weighted by molar-refractivity contribution is 6.30. The van der Waals surface area contributed by atoms with Gasteiger partial charge in [0.15, 0.2) is 0 Å². The molecule has 0 heterocycles. The molecule has 0 nitrogen and oxygen atoms in total. The quantitative estimate of drug-likeness (QED) is 0.588. The molecule has 0 saturated carbocycles. The summed E-state index contributed by atoms with van der Waals surface area (Å²) >= 11 is 5.61. The molecule has 0 aliphatic heterocycles. The lowest BCUT2D eigenvalue weighted by molar-refractivity contribution is 0.620. The van der Waals surface area contributed by atoms with Gasteiger partial charge in [-0.25, -0.2) is 4.39 Å². The molecule has 2 heteroatoms. The van der Waals surface area contributed by atoms with Crippen LogP contribution in [0.2, 0.25) is 5.02 Å². The largest absolute Gasteiger partial charge is 0.207 e. The standard InChI is InChI=1S/C8H7ClF/c1-2-6-5-7(9)3-4-8(6)10/h2-5H,1H3. The molecule has 10 heavy (non-hydrogen) atoms. The molecular weight excluding hydrogens is 151 g/mol. The van der Waals surface area contributed by atoms with Crippen LogP contribution in [0.15, 0.2) is 18.2 Å². The maximum absolute atomic E-state index is 12.7. The number of rotatable bonds is 1. The second kappa shape index (κ2) is 3.02. The van der Waals surface area contributed by atoms with E-state index in [2.05, 4.69) is 0 Å². The molecule has 0 aliphatic rings. The van der Waals surface area contributed by atoms with Crippen molar-refractivity contribution in [3.05, 3.63) is 41.0 Å². The average molecular weight is 158 g/mol. The van der Waals surface area contributed by atoms with Gasteiger partial charge in [0.1, 0.15) is 5.82 Å². The van der Waals surface area contributed by atoms with E-state index in [4.69, 9.17) is 11.6 Å². The van der Waals surface area contributed by atoms with Crippen molar-refractivity contribution in [3.63, 3.8) is 0 Å². The van der Waals surface area contributed by atoms with Gasteiger partial charge in [-0.15, -0.1) is 0 Å². The molecule has 1 rings (SSSR count). The van der Waals surface area contributed by atoms with Crippen molar-refractivity contribution in [1.82, 2.24) is 0 Å². The molecule has 53 valence electrons. The van der Waals surface area contributed by atoms with Crippen LogP contribution in [0.5, 0.6) is 0 Å². The van der Waals surface area contributed by atoms with Crippen molar-refractivity contribution in [2.24, 2.45) is 0 Å². The van der Waals surface area contributed by atoms with Gasteiger partial charge in [0.2, 0.25) is 0 Å². The van der Waals surface area contributed by atoms with Crippen LogP contribution < -0.4 is 0 Å². The van der Waals surface area contributed by atoms with Gasteiger partial charge in [0.05, 0.1) is 0 Å². The van der Waals surface area contributed by atoms with E-state index >= 15 is 0 Å². The first-order valence-electron chi connectivity index (χ1n) is 2.98. The van der Waals surface area contributed by atoms with Crippen molar-refractivity contribution in [2.75, 3.05) is 0 Å². The third kappa shape index (κ3) is 1.48. The van der Waals surface area contributed by atoms with E-state index in [0.29, 0.717) is 10.6 Å². The van der Waals surface area contributed by atoms with Crippen molar-refractivity contribution in [3.8, 4) is 0 Å². The molecule has 0 unspecified atom stereocenters. The van der Waals surface area contributed by atoms with Gasteiger partial charge >= 0.3 is 0 Å². The summed E-state index contributed by atoms with van der Waals surface area (Å²) in [6.07, 6.45) is 1.68. The van der Waals surface area contributed by atoms with Crippen LogP contribution in [0, 0.1) is 12.2 Å². The minimum atomic E-state index is -0.230. The minimum Gasteiger partial charge on any atom is -0.207 e. The van der Waals surface area contributed by atoms with Gasteiger partial charge in [0.25, 0.3) is 0 Å². The zero-order chi connectivity index (χ0) is 7.56. The smallest absolute Gasteiger partial charge is 0.126 e. The van der Waals surface area contributed by atoms with Gasteiger partial charge in [0, 0.05) is 5.02 Å². The normalized spacial score (nSPS) is 9.90. The second-order valence-electron chi connectivity index (χ2n) is 1.95. The Balaban J connectivity index is 3.09. The minimum absolute atomic E-state index is 0.230. The van der Waals surface area contributed by atoms with Crippen molar-refractivity contribution >= 4 is 11.6 Å². The third-order valence-corrected chi connectivity index (χ3v) is 1.50. The molecule has 0 aliphatic carbocycles. The Morgan fingerprint density at radius 3 is 2.70 bits per heavy atom. The van der Waals surface area contributed by atoms with E-state index in [1.807, 2.05) is 0 Å². The highest BCUT2D eigenvalue weighted by atomic mass is 35.5. The molecular formula is C8H7ClF. The summed E-state index contributed by atoms with van der Waals surface area (Å²) in [5.74, 6) is -0.230. The Morgan fingerprint density at radius 1 is 1.50 bits per heavy atom. The predicted octanol–water partition coefficient (Wildman–Crippen LogP) is 3.05. The van der Waals surface area contributed by atoms with E-state index in [-0.39, 0.29) is 5.82 Å². The Bertz CT molecular complexity index is 233. The summed E-state index contributed by atoms with van der Waals surface area (Å²) in [5, 5.41) is 0.564. The monoisotopic (exact) mass is 157 g/mol. The van der Waals surface area contributed by atoms with Crippen LogP contribution in [0.3, 0.4) is 0 Å². The zero-order valence-electron chi connectivity index (χ0n) is 5.57. The van der Waals surface area contributed by atoms with E-state index in [9.17, 15) is 4.39 Å². The van der Waals surface area contributed by atoms with Crippen molar-refractivity contribution in [2.45, 2.75) is 6.92 Å². The summed E-state index contributed by atoms with van der Waals surface area (Å²) in [7, 11) is 0. The van der Waals surface area contributed by atoms with Crippen LogP contribution in [-0.4, -0.2) is 0 Å². The molecule has 0 aromatic heterocycles. The van der Waals surface area contributed by atoms with Gasteiger partial charge in [-0.05, 0) is 30.2 Å². The summed E-state index contributed by atoms with van der Waals surface area (Å²) in [4.78, 5) is 0. The number of hydrogen-bond acceptors (Lipinski definition) is 0. The zero-order valence-corrected chi connectivity index (χ0v) is 6.32. The first-order valence-corrected chi connectivity index (χ1v) is 3.36. The van der Waals surface area contributed by atoms with Crippen molar-refractivity contribution < 1.29 is 4.39 Å². The van der Waals surface area contributed by atoms with Gasteiger partial charge in [-0.3, -0.25) is 0 Å². The van der Waals surface area contributed by atoms with Crippen LogP contribution in [0.25, 0.3) is 0 Å². The van der Waals surface area contributed by atoms with Crippen LogP contribution in [-0.2, 0) is 0 Å². The predicted molar refractivity (Wildman–Crippen MR) is 40.5 cm³/mol. The number of benzene rings is 1. The molecule has 1 radical (unpaired) electrons. The van der Waals surface area contributed by atoms with Crippen LogP contribution >= 0.6 is 11.6 Å². The summed E-state index contributed by atoms with van der Waals surface area (Å²) < 4.78 is 12.7. The molecule has 0 amide bonds. The fourth-order valence-corrected chi connectivity index (χ4v) is 0.916. The lowest BCUT2D eigenvalue weighted by atomic mass is 10.2. The maximum atomic E-state index is 12.7. The van der Waals surface area contributed by atoms with Crippen molar-refractivity contribution in [1.29, 1.82) is 0 Å². The van der Waals surface area contributed by atoms with E-state index in [1.54, 1.807) is 19.4 Å². The molecule has 0 atom stereocenters. The highest BCUT2D eigenvalue weighted by Gasteiger charge is 1.98. The number of halogens is 2. The van der Waals surface area contributed by atoms with Gasteiger partial charge in [-0.2, -0.15) is 0 Å². The van der Waals surface area contributed by atoms with E-state index in [0.717, 1.165) is 0 Å². The molecule has 0 spiro atoms. The Labute approximate surface area is 64.6 Å². The van der Waals surface area contributed by atoms with Crippen LogP contribution in [0.1, 0.15) is 12.5 Å². The number of hydrogen-bond donors (Lipinski definition) is 0. The topological polar surface area (TPSA) is 0 Å². The Hall–Kier alpha value is -0.560. The molecule has 1 aromatic carbocycles. The third-order valence-electron chi connectivity index (χ3n) is 1.27. The SMILES string of the molecule is C[CH]c1cc(Cl)ccc1F. The van der Waals surface area contributed by atoms with Crippen LogP contribution in [0.4, 0.5) is 4.39 Å². The second-order valence-corrected chi connectivity index (χ2v) is 2.39. The Morgan fingerprint density at radius 2 is 2.20 bits per heavy atom. The molecule has 0 fully saturated rings. The average Bonchev–Trinajstić information content (AvgIpc) is 1.94. The molecule has 0 saturated heterocycles. The summed E-state index contributed by atoms with van der Waals surface area (Å²) in [6, 6.07) is 4.48. The van der Waals surface area contributed by atoms with E-state index in [1.165, 1.54) is 12.1 Å². The Kier molecular flexibility index (Phi) is 2.28. The van der Waals surface area contributed by atoms with E-state index < -0.39 is 0 Å². The fraction of sp³-hybridized carbons (Fsp3) is 0.125. The fourth-order valence-electron chi connectivity index (χ4n) is 0.736. The molecule has 0 bridgehead atoms. The molecule has 0 N–H and O–H groups in total. The first kappa shape index (κ1) is 7.55. The lowest BCUT2D eigenvalue weighted by Crippen LogP contribution is -1.83. The molecule has 1 aromatic rings. The maximum Gasteiger partial charge on any atom is 0.126 e. The lowest BCUT2D eigenvalue weighted by Gasteiger charge is -1.97. The van der Waals surface area contributed by atoms with Gasteiger partial charge < -0.3 is 0 Å². The van der Waals surface area contributed by atoms with Gasteiger partial charge in [-0.1, -0.05) is 18.5 Å². The first-order chi connectivity index (χ1) is 4.74.